The normalized spacial score (nSPS) is 11.5. The summed E-state index contributed by atoms with van der Waals surface area (Å²) >= 11 is 1.40. The first kappa shape index (κ1) is 13.7. The van der Waals surface area contributed by atoms with E-state index in [0.717, 1.165) is 11.3 Å². The molecule has 100 valence electrons. The standard InChI is InChI=1S/C14H16N2O2S/c1-14(2,13(17)18)19-10-11-8-15-16(9-11)12-6-4-3-5-7-12/h3-9H,10H2,1-2H3,(H,17,18). The van der Waals surface area contributed by atoms with Crippen LogP contribution < -0.4 is 0 Å². The molecule has 0 aliphatic carbocycles. The van der Waals surface area contributed by atoms with Crippen LogP contribution in [0.15, 0.2) is 42.7 Å². The van der Waals surface area contributed by atoms with Gasteiger partial charge in [-0.2, -0.15) is 5.10 Å². The van der Waals surface area contributed by atoms with Crippen molar-refractivity contribution in [1.82, 2.24) is 9.78 Å². The van der Waals surface area contributed by atoms with Crippen LogP contribution in [0.1, 0.15) is 19.4 Å². The van der Waals surface area contributed by atoms with E-state index >= 15 is 0 Å². The molecule has 0 unspecified atom stereocenters. The molecule has 0 aliphatic heterocycles. The van der Waals surface area contributed by atoms with Gasteiger partial charge < -0.3 is 5.11 Å². The van der Waals surface area contributed by atoms with Gasteiger partial charge in [-0.1, -0.05) is 18.2 Å². The van der Waals surface area contributed by atoms with E-state index in [0.29, 0.717) is 5.75 Å². The number of hydrogen-bond donors (Lipinski definition) is 1. The molecule has 2 aromatic rings. The Morgan fingerprint density at radius 2 is 2.05 bits per heavy atom. The summed E-state index contributed by atoms with van der Waals surface area (Å²) in [5.74, 6) is -0.167. The van der Waals surface area contributed by atoms with Crippen molar-refractivity contribution in [2.45, 2.75) is 24.3 Å². The van der Waals surface area contributed by atoms with Gasteiger partial charge in [-0.3, -0.25) is 4.79 Å². The third-order valence-electron chi connectivity index (χ3n) is 2.77. The second-order valence-corrected chi connectivity index (χ2v) is 6.33. The zero-order valence-electron chi connectivity index (χ0n) is 10.9. The van der Waals surface area contributed by atoms with Gasteiger partial charge in [-0.05, 0) is 26.0 Å². The molecule has 1 aromatic carbocycles. The lowest BCUT2D eigenvalue weighted by atomic mass is 10.2. The molecular weight excluding hydrogens is 260 g/mol. The molecule has 0 bridgehead atoms. The van der Waals surface area contributed by atoms with Gasteiger partial charge in [0.05, 0.1) is 11.9 Å². The van der Waals surface area contributed by atoms with Gasteiger partial charge in [0.15, 0.2) is 0 Å². The summed E-state index contributed by atoms with van der Waals surface area (Å²) < 4.78 is 1.01. The first-order chi connectivity index (χ1) is 8.99. The van der Waals surface area contributed by atoms with Gasteiger partial charge in [0.2, 0.25) is 0 Å². The molecule has 0 amide bonds. The summed E-state index contributed by atoms with van der Waals surface area (Å²) in [6.07, 6.45) is 3.71. The molecule has 0 spiro atoms. The third-order valence-corrected chi connectivity index (χ3v) is 4.15. The van der Waals surface area contributed by atoms with Crippen LogP contribution >= 0.6 is 11.8 Å². The number of aromatic nitrogens is 2. The van der Waals surface area contributed by atoms with Crippen molar-refractivity contribution in [2.75, 3.05) is 0 Å². The molecule has 0 atom stereocenters. The summed E-state index contributed by atoms with van der Waals surface area (Å²) in [5, 5.41) is 13.3. The van der Waals surface area contributed by atoms with Crippen molar-refractivity contribution in [3.05, 3.63) is 48.3 Å². The quantitative estimate of drug-likeness (QED) is 0.912. The maximum Gasteiger partial charge on any atom is 0.319 e. The fourth-order valence-corrected chi connectivity index (χ4v) is 2.28. The van der Waals surface area contributed by atoms with Crippen LogP contribution in [0.3, 0.4) is 0 Å². The van der Waals surface area contributed by atoms with Crippen LogP contribution in [0.4, 0.5) is 0 Å². The highest BCUT2D eigenvalue weighted by Crippen LogP contribution is 2.28. The van der Waals surface area contributed by atoms with Crippen LogP contribution in [0.5, 0.6) is 0 Å². The lowest BCUT2D eigenvalue weighted by Crippen LogP contribution is -2.27. The van der Waals surface area contributed by atoms with Gasteiger partial charge in [0, 0.05) is 17.5 Å². The summed E-state index contributed by atoms with van der Waals surface area (Å²) in [7, 11) is 0. The van der Waals surface area contributed by atoms with Crippen molar-refractivity contribution in [3.63, 3.8) is 0 Å². The van der Waals surface area contributed by atoms with E-state index < -0.39 is 10.7 Å². The molecule has 2 rings (SSSR count). The molecule has 0 saturated heterocycles. The van der Waals surface area contributed by atoms with E-state index in [1.807, 2.05) is 36.5 Å². The lowest BCUT2D eigenvalue weighted by molar-refractivity contribution is -0.138. The average Bonchev–Trinajstić information content (AvgIpc) is 2.86. The van der Waals surface area contributed by atoms with Gasteiger partial charge in [0.25, 0.3) is 0 Å². The Bertz CT molecular complexity index is 564. The Labute approximate surface area is 116 Å². The maximum absolute atomic E-state index is 11.0. The summed E-state index contributed by atoms with van der Waals surface area (Å²) in [4.78, 5) is 11.0. The fourth-order valence-electron chi connectivity index (χ4n) is 1.48. The number of hydrogen-bond acceptors (Lipinski definition) is 3. The Morgan fingerprint density at radius 3 is 2.68 bits per heavy atom. The largest absolute Gasteiger partial charge is 0.480 e. The third kappa shape index (κ3) is 3.38. The highest BCUT2D eigenvalue weighted by molar-refractivity contribution is 8.00. The fraction of sp³-hybridized carbons (Fsp3) is 0.286. The Morgan fingerprint density at radius 1 is 1.37 bits per heavy atom. The van der Waals surface area contributed by atoms with Crippen molar-refractivity contribution in [1.29, 1.82) is 0 Å². The van der Waals surface area contributed by atoms with Crippen LogP contribution in [-0.2, 0) is 10.5 Å². The van der Waals surface area contributed by atoms with Crippen LogP contribution in [0.25, 0.3) is 5.69 Å². The molecule has 0 radical (unpaired) electrons. The first-order valence-corrected chi connectivity index (χ1v) is 6.94. The zero-order chi connectivity index (χ0) is 13.9. The number of benzene rings is 1. The minimum absolute atomic E-state index is 0.631. The number of thioether (sulfide) groups is 1. The predicted octanol–water partition coefficient (Wildman–Crippen LogP) is 2.97. The number of carboxylic acids is 1. The Hall–Kier alpha value is -1.75. The minimum atomic E-state index is -0.798. The SMILES string of the molecule is CC(C)(SCc1cnn(-c2ccccc2)c1)C(=O)O. The number of carbonyl (C=O) groups is 1. The van der Waals surface area contributed by atoms with E-state index in [9.17, 15) is 4.79 Å². The summed E-state index contributed by atoms with van der Waals surface area (Å²) in [6, 6.07) is 9.83. The number of nitrogens with zero attached hydrogens (tertiary/aromatic N) is 2. The molecule has 1 heterocycles. The highest BCUT2D eigenvalue weighted by atomic mass is 32.2. The second-order valence-electron chi connectivity index (χ2n) is 4.73. The van der Waals surface area contributed by atoms with Crippen LogP contribution in [0, 0.1) is 0 Å². The van der Waals surface area contributed by atoms with Crippen molar-refractivity contribution in [3.8, 4) is 5.69 Å². The maximum atomic E-state index is 11.0. The molecule has 4 nitrogen and oxygen atoms in total. The smallest absolute Gasteiger partial charge is 0.319 e. The molecule has 0 aliphatic rings. The van der Waals surface area contributed by atoms with Gasteiger partial charge >= 0.3 is 5.97 Å². The number of rotatable bonds is 5. The van der Waals surface area contributed by atoms with Crippen molar-refractivity contribution in [2.24, 2.45) is 0 Å². The lowest BCUT2D eigenvalue weighted by Gasteiger charge is -2.17. The topological polar surface area (TPSA) is 55.1 Å². The Balaban J connectivity index is 2.05. The summed E-state index contributed by atoms with van der Waals surface area (Å²) in [5.41, 5.74) is 2.01. The van der Waals surface area contributed by atoms with Gasteiger partial charge in [-0.15, -0.1) is 11.8 Å². The second kappa shape index (κ2) is 5.48. The summed E-state index contributed by atoms with van der Waals surface area (Å²) in [6.45, 7) is 3.42. The van der Waals surface area contributed by atoms with E-state index in [1.165, 1.54) is 11.8 Å². The van der Waals surface area contributed by atoms with E-state index in [2.05, 4.69) is 5.10 Å². The predicted molar refractivity (Wildman–Crippen MR) is 76.6 cm³/mol. The average molecular weight is 276 g/mol. The number of carboxylic acid groups (broad SMARTS) is 1. The number of aliphatic carboxylic acids is 1. The van der Waals surface area contributed by atoms with E-state index in [4.69, 9.17) is 5.11 Å². The molecule has 5 heteroatoms. The van der Waals surface area contributed by atoms with Gasteiger partial charge in [-0.25, -0.2) is 4.68 Å². The van der Waals surface area contributed by atoms with E-state index in [1.54, 1.807) is 24.7 Å². The molecular formula is C14H16N2O2S. The molecule has 19 heavy (non-hydrogen) atoms. The molecule has 0 fully saturated rings. The highest BCUT2D eigenvalue weighted by Gasteiger charge is 2.27. The molecule has 0 saturated carbocycles. The molecule has 1 aromatic heterocycles. The minimum Gasteiger partial charge on any atom is -0.480 e. The van der Waals surface area contributed by atoms with Crippen molar-refractivity contribution >= 4 is 17.7 Å². The van der Waals surface area contributed by atoms with Crippen molar-refractivity contribution < 1.29 is 9.90 Å². The van der Waals surface area contributed by atoms with Gasteiger partial charge in [0.1, 0.15) is 4.75 Å². The van der Waals surface area contributed by atoms with Crippen LogP contribution in [0.2, 0.25) is 0 Å². The number of para-hydroxylation sites is 1. The monoisotopic (exact) mass is 276 g/mol. The molecule has 1 N–H and O–H groups in total. The van der Waals surface area contributed by atoms with E-state index in [-0.39, 0.29) is 0 Å². The zero-order valence-corrected chi connectivity index (χ0v) is 11.7. The Kier molecular flexibility index (Phi) is 3.95. The first-order valence-electron chi connectivity index (χ1n) is 5.95. The van der Waals surface area contributed by atoms with Crippen LogP contribution in [-0.4, -0.2) is 25.6 Å².